The molecule has 1 aromatic rings. The van der Waals surface area contributed by atoms with Crippen LogP contribution in [0, 0.1) is 11.8 Å². The molecule has 1 aliphatic heterocycles. The van der Waals surface area contributed by atoms with Gasteiger partial charge in [-0.3, -0.25) is 5.43 Å². The van der Waals surface area contributed by atoms with Gasteiger partial charge in [-0.15, -0.1) is 5.10 Å². The lowest BCUT2D eigenvalue weighted by Crippen LogP contribution is -2.46. The van der Waals surface area contributed by atoms with Crippen molar-refractivity contribution < 1.29 is 9.53 Å². The van der Waals surface area contributed by atoms with Gasteiger partial charge in [-0.05, 0) is 43.4 Å². The van der Waals surface area contributed by atoms with Crippen LogP contribution < -0.4 is 5.43 Å². The lowest BCUT2D eigenvalue weighted by atomic mass is 9.92. The molecule has 7 heteroatoms. The Labute approximate surface area is 152 Å². The van der Waals surface area contributed by atoms with E-state index < -0.39 is 5.97 Å². The summed E-state index contributed by atoms with van der Waals surface area (Å²) >= 11 is 12.1. The monoisotopic (exact) mass is 371 g/mol. The molecule has 0 radical (unpaired) electrons. The Morgan fingerprint density at radius 2 is 2.00 bits per heavy atom. The number of nitrogens with one attached hydrogen (secondary N) is 1. The van der Waals surface area contributed by atoms with Gasteiger partial charge in [-0.25, -0.2) is 4.79 Å². The molecule has 0 bridgehead atoms. The highest BCUT2D eigenvalue weighted by Crippen LogP contribution is 2.26. The van der Waals surface area contributed by atoms with Crippen molar-refractivity contribution in [2.45, 2.75) is 27.2 Å². The van der Waals surface area contributed by atoms with Crippen LogP contribution in [-0.4, -0.2) is 36.4 Å². The smallest absolute Gasteiger partial charge is 0.375 e. The Morgan fingerprint density at radius 3 is 2.62 bits per heavy atom. The molecule has 24 heavy (non-hydrogen) atoms. The molecule has 2 rings (SSSR count). The van der Waals surface area contributed by atoms with Gasteiger partial charge in [-0.1, -0.05) is 37.0 Å². The number of hydrogen-bond donors (Lipinski definition) is 1. The zero-order valence-corrected chi connectivity index (χ0v) is 15.7. The van der Waals surface area contributed by atoms with Gasteiger partial charge in [0.05, 0.1) is 17.3 Å². The molecule has 0 aliphatic carbocycles. The van der Waals surface area contributed by atoms with Gasteiger partial charge >= 0.3 is 5.97 Å². The van der Waals surface area contributed by atoms with E-state index in [1.54, 1.807) is 25.1 Å². The average Bonchev–Trinajstić information content (AvgIpc) is 2.50. The van der Waals surface area contributed by atoms with Gasteiger partial charge in [0.1, 0.15) is 0 Å². The summed E-state index contributed by atoms with van der Waals surface area (Å²) in [5, 5.41) is 5.30. The van der Waals surface area contributed by atoms with Gasteiger partial charge < -0.3 is 9.64 Å². The molecule has 1 saturated heterocycles. The van der Waals surface area contributed by atoms with Crippen LogP contribution in [0.1, 0.15) is 27.2 Å². The molecule has 132 valence electrons. The molecule has 0 unspecified atom stereocenters. The zero-order chi connectivity index (χ0) is 17.7. The van der Waals surface area contributed by atoms with E-state index in [9.17, 15) is 4.79 Å². The maximum absolute atomic E-state index is 12.3. The number of piperidine rings is 1. The van der Waals surface area contributed by atoms with Gasteiger partial charge in [0.2, 0.25) is 5.84 Å². The summed E-state index contributed by atoms with van der Waals surface area (Å²) in [4.78, 5) is 14.3. The van der Waals surface area contributed by atoms with E-state index in [1.807, 2.05) is 4.90 Å². The first-order valence-electron chi connectivity index (χ1n) is 8.11. The van der Waals surface area contributed by atoms with E-state index >= 15 is 0 Å². The van der Waals surface area contributed by atoms with Crippen molar-refractivity contribution in [1.29, 1.82) is 0 Å². The predicted molar refractivity (Wildman–Crippen MR) is 98.7 cm³/mol. The highest BCUT2D eigenvalue weighted by Gasteiger charge is 2.28. The predicted octanol–water partition coefficient (Wildman–Crippen LogP) is 4.26. The third-order valence-electron chi connectivity index (χ3n) is 3.84. The van der Waals surface area contributed by atoms with Gasteiger partial charge in [0.25, 0.3) is 0 Å². The van der Waals surface area contributed by atoms with E-state index in [1.165, 1.54) is 0 Å². The first-order chi connectivity index (χ1) is 11.4. The number of carbonyl (C=O) groups is 1. The minimum absolute atomic E-state index is 0.270. The number of rotatable bonds is 3. The summed E-state index contributed by atoms with van der Waals surface area (Å²) in [7, 11) is 0. The summed E-state index contributed by atoms with van der Waals surface area (Å²) < 4.78 is 5.16. The lowest BCUT2D eigenvalue weighted by Gasteiger charge is -2.36. The van der Waals surface area contributed by atoms with Crippen LogP contribution in [0.25, 0.3) is 0 Å². The molecule has 1 N–H and O–H groups in total. The maximum atomic E-state index is 12.3. The summed E-state index contributed by atoms with van der Waals surface area (Å²) in [5.74, 6) is 0.807. The molecule has 1 aromatic carbocycles. The van der Waals surface area contributed by atoms with E-state index in [2.05, 4.69) is 24.4 Å². The highest BCUT2D eigenvalue weighted by molar-refractivity contribution is 6.36. The number of likely N-dealkylation sites (tertiary alicyclic amines) is 1. The fourth-order valence-corrected chi connectivity index (χ4v) is 3.31. The highest BCUT2D eigenvalue weighted by atomic mass is 35.5. The van der Waals surface area contributed by atoms with Crippen LogP contribution in [0.2, 0.25) is 10.0 Å². The molecule has 2 atom stereocenters. The molecule has 0 aromatic heterocycles. The number of esters is 1. The number of carbonyl (C=O) groups excluding carboxylic acids is 1. The van der Waals surface area contributed by atoms with E-state index in [-0.39, 0.29) is 5.84 Å². The van der Waals surface area contributed by atoms with Gasteiger partial charge in [-0.2, -0.15) is 0 Å². The zero-order valence-electron chi connectivity index (χ0n) is 14.2. The number of ether oxygens (including phenoxy) is 1. The van der Waals surface area contributed by atoms with Crippen LogP contribution in [0.5, 0.6) is 0 Å². The minimum atomic E-state index is -0.440. The molecule has 1 fully saturated rings. The molecule has 0 saturated carbocycles. The summed E-state index contributed by atoms with van der Waals surface area (Å²) in [5.41, 5.74) is 3.39. The quantitative estimate of drug-likeness (QED) is 0.373. The van der Waals surface area contributed by atoms with Crippen molar-refractivity contribution in [2.24, 2.45) is 16.9 Å². The van der Waals surface area contributed by atoms with Crippen molar-refractivity contribution >= 4 is 40.7 Å². The second kappa shape index (κ2) is 8.58. The molecule has 1 aliphatic rings. The van der Waals surface area contributed by atoms with E-state index in [0.717, 1.165) is 19.5 Å². The van der Waals surface area contributed by atoms with E-state index in [4.69, 9.17) is 27.9 Å². The average molecular weight is 372 g/mol. The number of amidine groups is 1. The van der Waals surface area contributed by atoms with Crippen molar-refractivity contribution in [3.8, 4) is 0 Å². The van der Waals surface area contributed by atoms with Crippen molar-refractivity contribution in [1.82, 2.24) is 4.90 Å². The normalized spacial score (nSPS) is 21.5. The third kappa shape index (κ3) is 5.02. The number of nitrogens with zero attached hydrogens (tertiary/aromatic N) is 2. The van der Waals surface area contributed by atoms with Crippen molar-refractivity contribution in [2.75, 3.05) is 25.1 Å². The van der Waals surface area contributed by atoms with Gasteiger partial charge in [0, 0.05) is 18.1 Å². The number of hydrazone groups is 1. The molecular formula is C17H23Cl2N3O2. The Bertz CT molecular complexity index is 612. The minimum Gasteiger partial charge on any atom is -0.460 e. The molecule has 1 heterocycles. The first kappa shape index (κ1) is 18.9. The fraction of sp³-hybridized carbons (Fsp3) is 0.529. The Kier molecular flexibility index (Phi) is 6.75. The fourth-order valence-electron chi connectivity index (χ4n) is 2.97. The SMILES string of the molecule is CCOC(=O)/C(=N\Nc1cc(Cl)ccc1Cl)N1C[C@H](C)C[C@@H](C)C1. The van der Waals surface area contributed by atoms with Crippen molar-refractivity contribution in [3.05, 3.63) is 28.2 Å². The summed E-state index contributed by atoms with van der Waals surface area (Å²) in [6.45, 7) is 7.96. The standard InChI is InChI=1S/C17H23Cl2N3O2/c1-4-24-17(23)16(22-9-11(2)7-12(3)10-22)21-20-15-8-13(18)5-6-14(15)19/h5-6,8,11-12,20H,4,7,9-10H2,1-3H3/b21-16+/t11-,12-/m1/s1. The molecule has 5 nitrogen and oxygen atoms in total. The Hall–Kier alpha value is -1.46. The molecule has 0 spiro atoms. The number of hydrogen-bond acceptors (Lipinski definition) is 4. The number of halogens is 2. The number of anilines is 1. The first-order valence-corrected chi connectivity index (χ1v) is 8.87. The number of benzene rings is 1. The maximum Gasteiger partial charge on any atom is 0.375 e. The summed E-state index contributed by atoms with van der Waals surface area (Å²) in [6.07, 6.45) is 1.14. The summed E-state index contributed by atoms with van der Waals surface area (Å²) in [6, 6.07) is 5.04. The van der Waals surface area contributed by atoms with E-state index in [0.29, 0.717) is 34.2 Å². The molecular weight excluding hydrogens is 349 g/mol. The second-order valence-corrected chi connectivity index (χ2v) is 7.09. The lowest BCUT2D eigenvalue weighted by molar-refractivity contribution is -0.136. The van der Waals surface area contributed by atoms with Crippen LogP contribution >= 0.6 is 23.2 Å². The van der Waals surface area contributed by atoms with Crippen LogP contribution in [0.4, 0.5) is 5.69 Å². The largest absolute Gasteiger partial charge is 0.460 e. The molecule has 0 amide bonds. The Morgan fingerprint density at radius 1 is 1.33 bits per heavy atom. The Balaban J connectivity index is 2.24. The van der Waals surface area contributed by atoms with Crippen LogP contribution in [0.15, 0.2) is 23.3 Å². The second-order valence-electron chi connectivity index (χ2n) is 6.24. The van der Waals surface area contributed by atoms with Crippen molar-refractivity contribution in [3.63, 3.8) is 0 Å². The van der Waals surface area contributed by atoms with Crippen LogP contribution in [0.3, 0.4) is 0 Å². The van der Waals surface area contributed by atoms with Crippen LogP contribution in [-0.2, 0) is 9.53 Å². The van der Waals surface area contributed by atoms with Gasteiger partial charge in [0.15, 0.2) is 0 Å². The third-order valence-corrected chi connectivity index (χ3v) is 4.40. The topological polar surface area (TPSA) is 53.9 Å².